The van der Waals surface area contributed by atoms with Crippen LogP contribution in [0.3, 0.4) is 0 Å². The summed E-state index contributed by atoms with van der Waals surface area (Å²) in [7, 11) is 0. The van der Waals surface area contributed by atoms with Crippen LogP contribution in [-0.4, -0.2) is 37.2 Å². The van der Waals surface area contributed by atoms with E-state index in [9.17, 15) is 14.4 Å². The molecule has 0 aromatic rings. The van der Waals surface area contributed by atoms with Gasteiger partial charge >= 0.3 is 17.9 Å². The van der Waals surface area contributed by atoms with Gasteiger partial charge in [-0.05, 0) is 25.2 Å². The predicted octanol–water partition coefficient (Wildman–Crippen LogP) is 15.5. The predicted molar refractivity (Wildman–Crippen MR) is 233 cm³/mol. The largest absolute Gasteiger partial charge is 0.462 e. The van der Waals surface area contributed by atoms with Crippen LogP contribution >= 0.6 is 0 Å². The summed E-state index contributed by atoms with van der Waals surface area (Å²) in [5.41, 5.74) is 0. The van der Waals surface area contributed by atoms with Crippen LogP contribution in [0, 0.1) is 5.92 Å². The lowest BCUT2D eigenvalue weighted by atomic mass is 10.0. The van der Waals surface area contributed by atoms with Crippen molar-refractivity contribution in [1.29, 1.82) is 0 Å². The highest BCUT2D eigenvalue weighted by molar-refractivity contribution is 5.71. The number of carbonyl (C=O) groups excluding carboxylic acids is 3. The van der Waals surface area contributed by atoms with Gasteiger partial charge in [0.1, 0.15) is 13.2 Å². The van der Waals surface area contributed by atoms with E-state index >= 15 is 0 Å². The van der Waals surface area contributed by atoms with Crippen LogP contribution in [0.1, 0.15) is 272 Å². The molecule has 0 saturated carbocycles. The molecule has 0 aromatic carbocycles. The molecule has 326 valence electrons. The maximum Gasteiger partial charge on any atom is 0.306 e. The monoisotopic (exact) mass is 779 g/mol. The average molecular weight is 779 g/mol. The summed E-state index contributed by atoms with van der Waals surface area (Å²) in [6.07, 6.45) is 43.7. The highest BCUT2D eigenvalue weighted by Gasteiger charge is 2.19. The molecule has 0 spiro atoms. The van der Waals surface area contributed by atoms with E-state index in [2.05, 4.69) is 27.7 Å². The summed E-state index contributed by atoms with van der Waals surface area (Å²) in [6, 6.07) is 0. The number of rotatable bonds is 44. The Balaban J connectivity index is 4.29. The van der Waals surface area contributed by atoms with Gasteiger partial charge in [-0.1, -0.05) is 233 Å². The van der Waals surface area contributed by atoms with Gasteiger partial charge in [-0.2, -0.15) is 0 Å². The van der Waals surface area contributed by atoms with Crippen molar-refractivity contribution in [3.8, 4) is 0 Å². The molecule has 1 atom stereocenters. The van der Waals surface area contributed by atoms with Crippen LogP contribution in [0.25, 0.3) is 0 Å². The molecule has 0 amide bonds. The third-order valence-corrected chi connectivity index (χ3v) is 11.0. The van der Waals surface area contributed by atoms with Crippen molar-refractivity contribution in [2.75, 3.05) is 13.2 Å². The Bertz CT molecular complexity index is 826. The summed E-state index contributed by atoms with van der Waals surface area (Å²) in [5, 5.41) is 0. The molecule has 0 radical (unpaired) electrons. The number of ether oxygens (including phenoxy) is 3. The van der Waals surface area contributed by atoms with Gasteiger partial charge in [-0.3, -0.25) is 14.4 Å². The van der Waals surface area contributed by atoms with Gasteiger partial charge in [-0.15, -0.1) is 0 Å². The Morgan fingerprint density at radius 2 is 0.600 bits per heavy atom. The average Bonchev–Trinajstić information content (AvgIpc) is 3.17. The number of hydrogen-bond donors (Lipinski definition) is 0. The van der Waals surface area contributed by atoms with Crippen molar-refractivity contribution in [2.45, 2.75) is 278 Å². The molecule has 55 heavy (non-hydrogen) atoms. The third-order valence-electron chi connectivity index (χ3n) is 11.0. The summed E-state index contributed by atoms with van der Waals surface area (Å²) in [5.74, 6) is -0.0189. The second-order valence-corrected chi connectivity index (χ2v) is 17.2. The molecule has 0 aliphatic heterocycles. The first-order chi connectivity index (χ1) is 26.9. The van der Waals surface area contributed by atoms with Gasteiger partial charge in [0.2, 0.25) is 0 Å². The molecule has 0 bridgehead atoms. The van der Waals surface area contributed by atoms with Crippen LogP contribution in [0.4, 0.5) is 0 Å². The Kier molecular flexibility index (Phi) is 42.3. The summed E-state index contributed by atoms with van der Waals surface area (Å²) in [6.45, 7) is 9.00. The summed E-state index contributed by atoms with van der Waals surface area (Å²) >= 11 is 0. The van der Waals surface area contributed by atoms with Crippen molar-refractivity contribution in [3.63, 3.8) is 0 Å². The second kappa shape index (κ2) is 43.5. The fraction of sp³-hybridized carbons (Fsp3) is 0.939. The molecule has 6 nitrogen and oxygen atoms in total. The van der Waals surface area contributed by atoms with Gasteiger partial charge in [0.15, 0.2) is 6.10 Å². The Morgan fingerprint density at radius 3 is 0.891 bits per heavy atom. The van der Waals surface area contributed by atoms with Gasteiger partial charge in [0.25, 0.3) is 0 Å². The molecular weight excluding hydrogens is 685 g/mol. The number of unbranched alkanes of at least 4 members (excludes halogenated alkanes) is 31. The van der Waals surface area contributed by atoms with E-state index in [-0.39, 0.29) is 31.1 Å². The topological polar surface area (TPSA) is 78.9 Å². The van der Waals surface area contributed by atoms with E-state index in [0.717, 1.165) is 63.7 Å². The maximum atomic E-state index is 12.7. The summed E-state index contributed by atoms with van der Waals surface area (Å²) < 4.78 is 16.7. The molecule has 0 saturated heterocycles. The van der Waals surface area contributed by atoms with Crippen LogP contribution in [0.15, 0.2) is 0 Å². The molecule has 0 aromatic heterocycles. The SMILES string of the molecule is CCCCCCCCCCCCCCCC(=O)OC[C@@H](COC(=O)CCCCCCCCCCC)OC(=O)CCCCCCCCCCCCCCC(C)C. The highest BCUT2D eigenvalue weighted by atomic mass is 16.6. The molecule has 0 unspecified atom stereocenters. The van der Waals surface area contributed by atoms with E-state index in [1.165, 1.54) is 167 Å². The van der Waals surface area contributed by atoms with E-state index in [1.54, 1.807) is 0 Å². The zero-order chi connectivity index (χ0) is 40.3. The van der Waals surface area contributed by atoms with Crippen LogP contribution in [-0.2, 0) is 28.6 Å². The van der Waals surface area contributed by atoms with Crippen molar-refractivity contribution in [3.05, 3.63) is 0 Å². The van der Waals surface area contributed by atoms with E-state index in [4.69, 9.17) is 14.2 Å². The Morgan fingerprint density at radius 1 is 0.345 bits per heavy atom. The van der Waals surface area contributed by atoms with Crippen LogP contribution in [0.2, 0.25) is 0 Å². The number of esters is 3. The van der Waals surface area contributed by atoms with Crippen LogP contribution in [0.5, 0.6) is 0 Å². The minimum absolute atomic E-state index is 0.0632. The maximum absolute atomic E-state index is 12.7. The molecular formula is C49H94O6. The number of hydrogen-bond acceptors (Lipinski definition) is 6. The first-order valence-electron chi connectivity index (χ1n) is 24.4. The molecule has 6 heteroatoms. The van der Waals surface area contributed by atoms with Gasteiger partial charge in [0, 0.05) is 19.3 Å². The lowest BCUT2D eigenvalue weighted by Gasteiger charge is -2.18. The molecule has 0 aliphatic carbocycles. The first-order valence-corrected chi connectivity index (χ1v) is 24.4. The molecule has 0 heterocycles. The van der Waals surface area contributed by atoms with Gasteiger partial charge in [0.05, 0.1) is 0 Å². The van der Waals surface area contributed by atoms with Crippen molar-refractivity contribution in [1.82, 2.24) is 0 Å². The zero-order valence-electron chi connectivity index (χ0n) is 37.4. The van der Waals surface area contributed by atoms with Gasteiger partial charge in [-0.25, -0.2) is 0 Å². The zero-order valence-corrected chi connectivity index (χ0v) is 37.4. The number of carbonyl (C=O) groups is 3. The highest BCUT2D eigenvalue weighted by Crippen LogP contribution is 2.17. The Labute approximate surface area is 342 Å². The summed E-state index contributed by atoms with van der Waals surface area (Å²) in [4.78, 5) is 37.8. The standard InChI is InChI=1S/C49H94O6/c1-5-7-9-11-13-15-16-17-21-25-29-33-37-41-48(51)54-44-46(43-53-47(50)40-36-32-28-23-14-12-10-8-6-2)55-49(52)42-38-34-30-26-22-19-18-20-24-27-31-35-39-45(3)4/h45-46H,5-44H2,1-4H3/t46-/m1/s1. The van der Waals surface area contributed by atoms with E-state index in [1.807, 2.05) is 0 Å². The third kappa shape index (κ3) is 43.4. The van der Waals surface area contributed by atoms with Gasteiger partial charge < -0.3 is 14.2 Å². The molecule has 0 rings (SSSR count). The lowest BCUT2D eigenvalue weighted by molar-refractivity contribution is -0.167. The van der Waals surface area contributed by atoms with Crippen molar-refractivity contribution in [2.24, 2.45) is 5.92 Å². The van der Waals surface area contributed by atoms with E-state index < -0.39 is 6.10 Å². The van der Waals surface area contributed by atoms with E-state index in [0.29, 0.717) is 19.3 Å². The van der Waals surface area contributed by atoms with Crippen molar-refractivity contribution >= 4 is 17.9 Å². The first kappa shape index (κ1) is 53.4. The molecule has 0 aliphatic rings. The second-order valence-electron chi connectivity index (χ2n) is 17.2. The minimum Gasteiger partial charge on any atom is -0.462 e. The van der Waals surface area contributed by atoms with Crippen molar-refractivity contribution < 1.29 is 28.6 Å². The fourth-order valence-corrected chi connectivity index (χ4v) is 7.33. The van der Waals surface area contributed by atoms with Crippen LogP contribution < -0.4 is 0 Å². The lowest BCUT2D eigenvalue weighted by Crippen LogP contribution is -2.30. The normalized spacial score (nSPS) is 11.9. The minimum atomic E-state index is -0.759. The smallest absolute Gasteiger partial charge is 0.306 e. The molecule has 0 N–H and O–H groups in total. The quantitative estimate of drug-likeness (QED) is 0.0348. The molecule has 0 fully saturated rings. The fourth-order valence-electron chi connectivity index (χ4n) is 7.33. The Hall–Kier alpha value is -1.59.